The lowest BCUT2D eigenvalue weighted by Gasteiger charge is -2.26. The number of likely N-dealkylation sites (tertiary alicyclic amines) is 1. The normalized spacial score (nSPS) is 23.5. The third-order valence-electron chi connectivity index (χ3n) is 4.48. The van der Waals surface area contributed by atoms with E-state index in [0.29, 0.717) is 32.9 Å². The van der Waals surface area contributed by atoms with E-state index in [1.54, 1.807) is 4.90 Å². The van der Waals surface area contributed by atoms with Gasteiger partial charge in [-0.1, -0.05) is 0 Å². The molecule has 136 valence electrons. The summed E-state index contributed by atoms with van der Waals surface area (Å²) in [5.41, 5.74) is 0.161. The van der Waals surface area contributed by atoms with Gasteiger partial charge in [-0.2, -0.15) is 0 Å². The largest absolute Gasteiger partial charge is 0.376 e. The maximum atomic E-state index is 12.7. The smallest absolute Gasteiger partial charge is 0.274 e. The number of amides is 2. The molecule has 2 saturated heterocycles. The lowest BCUT2D eigenvalue weighted by Crippen LogP contribution is -2.45. The SMILES string of the molecule is CCO[C@@H]1COC[C@H]1NC(=O)c1nccnc1C(=O)N1CCCCC1. The minimum Gasteiger partial charge on any atom is -0.376 e. The molecule has 2 atom stereocenters. The summed E-state index contributed by atoms with van der Waals surface area (Å²) >= 11 is 0. The van der Waals surface area contributed by atoms with Crippen molar-refractivity contribution in [3.05, 3.63) is 23.8 Å². The Morgan fingerprint density at radius 1 is 1.20 bits per heavy atom. The molecule has 3 heterocycles. The van der Waals surface area contributed by atoms with Crippen molar-refractivity contribution in [3.8, 4) is 0 Å². The molecule has 0 aliphatic carbocycles. The van der Waals surface area contributed by atoms with Gasteiger partial charge < -0.3 is 19.7 Å². The van der Waals surface area contributed by atoms with Crippen molar-refractivity contribution in [2.45, 2.75) is 38.3 Å². The number of ether oxygens (including phenoxy) is 2. The highest BCUT2D eigenvalue weighted by molar-refractivity contribution is 6.04. The van der Waals surface area contributed by atoms with Gasteiger partial charge in [0.1, 0.15) is 6.10 Å². The van der Waals surface area contributed by atoms with Crippen LogP contribution in [0.2, 0.25) is 0 Å². The Balaban J connectivity index is 1.73. The summed E-state index contributed by atoms with van der Waals surface area (Å²) in [6.45, 7) is 4.66. The van der Waals surface area contributed by atoms with E-state index in [1.165, 1.54) is 12.4 Å². The molecule has 1 aromatic heterocycles. The summed E-state index contributed by atoms with van der Waals surface area (Å²) in [5.74, 6) is -0.657. The standard InChI is InChI=1S/C17H24N4O4/c1-2-25-13-11-24-10-12(13)20-16(22)14-15(19-7-6-18-14)17(23)21-8-4-3-5-9-21/h6-7,12-13H,2-5,8-11H2,1H3,(H,20,22)/t12-,13-/m1/s1. The van der Waals surface area contributed by atoms with E-state index < -0.39 is 5.91 Å². The van der Waals surface area contributed by atoms with Gasteiger partial charge in [0.2, 0.25) is 0 Å². The Bertz CT molecular complexity index is 618. The van der Waals surface area contributed by atoms with Crippen LogP contribution in [-0.4, -0.2) is 71.7 Å². The Morgan fingerprint density at radius 3 is 2.64 bits per heavy atom. The molecule has 8 nitrogen and oxygen atoms in total. The second-order valence-electron chi connectivity index (χ2n) is 6.22. The average molecular weight is 348 g/mol. The van der Waals surface area contributed by atoms with Crippen LogP contribution in [0.3, 0.4) is 0 Å². The van der Waals surface area contributed by atoms with E-state index in [4.69, 9.17) is 9.47 Å². The van der Waals surface area contributed by atoms with Crippen molar-refractivity contribution in [2.24, 2.45) is 0 Å². The van der Waals surface area contributed by atoms with Crippen molar-refractivity contribution < 1.29 is 19.1 Å². The average Bonchev–Trinajstić information content (AvgIpc) is 3.09. The van der Waals surface area contributed by atoms with Gasteiger partial charge in [-0.3, -0.25) is 9.59 Å². The third kappa shape index (κ3) is 4.13. The van der Waals surface area contributed by atoms with Crippen molar-refractivity contribution in [1.29, 1.82) is 0 Å². The van der Waals surface area contributed by atoms with Gasteiger partial charge in [0.15, 0.2) is 11.4 Å². The van der Waals surface area contributed by atoms with Gasteiger partial charge in [-0.15, -0.1) is 0 Å². The van der Waals surface area contributed by atoms with Crippen LogP contribution in [0.1, 0.15) is 47.2 Å². The summed E-state index contributed by atoms with van der Waals surface area (Å²) in [4.78, 5) is 35.4. The molecular weight excluding hydrogens is 324 g/mol. The van der Waals surface area contributed by atoms with Crippen LogP contribution in [0.15, 0.2) is 12.4 Å². The molecule has 3 rings (SSSR count). The fourth-order valence-corrected chi connectivity index (χ4v) is 3.19. The molecule has 25 heavy (non-hydrogen) atoms. The van der Waals surface area contributed by atoms with Crippen LogP contribution >= 0.6 is 0 Å². The van der Waals surface area contributed by atoms with E-state index in [-0.39, 0.29) is 29.4 Å². The maximum absolute atomic E-state index is 12.7. The highest BCUT2D eigenvalue weighted by Gasteiger charge is 2.32. The quantitative estimate of drug-likeness (QED) is 0.839. The van der Waals surface area contributed by atoms with Gasteiger partial charge in [0, 0.05) is 32.1 Å². The van der Waals surface area contributed by atoms with E-state index in [1.807, 2.05) is 6.92 Å². The highest BCUT2D eigenvalue weighted by Crippen LogP contribution is 2.15. The second-order valence-corrected chi connectivity index (χ2v) is 6.22. The van der Waals surface area contributed by atoms with Gasteiger partial charge in [0.25, 0.3) is 11.8 Å². The minimum atomic E-state index is -0.423. The van der Waals surface area contributed by atoms with Gasteiger partial charge in [-0.25, -0.2) is 9.97 Å². The lowest BCUT2D eigenvalue weighted by atomic mass is 10.1. The van der Waals surface area contributed by atoms with E-state index in [2.05, 4.69) is 15.3 Å². The van der Waals surface area contributed by atoms with E-state index >= 15 is 0 Å². The fraction of sp³-hybridized carbons (Fsp3) is 0.647. The molecule has 0 radical (unpaired) electrons. The molecule has 2 aliphatic heterocycles. The Hall–Kier alpha value is -2.06. The number of nitrogens with one attached hydrogen (secondary N) is 1. The lowest BCUT2D eigenvalue weighted by molar-refractivity contribution is 0.0401. The zero-order valence-electron chi connectivity index (χ0n) is 14.4. The number of hydrogen-bond acceptors (Lipinski definition) is 6. The molecule has 0 aromatic carbocycles. The zero-order valence-corrected chi connectivity index (χ0v) is 14.4. The first-order chi connectivity index (χ1) is 12.2. The monoisotopic (exact) mass is 348 g/mol. The summed E-state index contributed by atoms with van der Waals surface area (Å²) < 4.78 is 11.0. The Kier molecular flexibility index (Phi) is 5.93. The predicted octanol–water partition coefficient (Wildman–Crippen LogP) is 0.636. The number of nitrogens with zero attached hydrogens (tertiary/aromatic N) is 3. The number of piperidine rings is 1. The van der Waals surface area contributed by atoms with Gasteiger partial charge in [-0.05, 0) is 26.2 Å². The molecule has 0 bridgehead atoms. The second kappa shape index (κ2) is 8.35. The Morgan fingerprint density at radius 2 is 1.92 bits per heavy atom. The number of aromatic nitrogens is 2. The molecule has 1 aromatic rings. The first-order valence-electron chi connectivity index (χ1n) is 8.81. The third-order valence-corrected chi connectivity index (χ3v) is 4.48. The zero-order chi connectivity index (χ0) is 17.6. The molecule has 0 saturated carbocycles. The van der Waals surface area contributed by atoms with Crippen LogP contribution < -0.4 is 5.32 Å². The molecule has 1 N–H and O–H groups in total. The predicted molar refractivity (Wildman–Crippen MR) is 89.3 cm³/mol. The minimum absolute atomic E-state index is 0.0558. The Labute approximate surface area is 146 Å². The number of carbonyl (C=O) groups excluding carboxylic acids is 2. The van der Waals surface area contributed by atoms with Crippen molar-refractivity contribution in [1.82, 2.24) is 20.2 Å². The topological polar surface area (TPSA) is 93.6 Å². The van der Waals surface area contributed by atoms with Gasteiger partial charge >= 0.3 is 0 Å². The molecule has 2 fully saturated rings. The summed E-state index contributed by atoms with van der Waals surface area (Å²) in [5, 5.41) is 2.87. The van der Waals surface area contributed by atoms with Crippen molar-refractivity contribution >= 4 is 11.8 Å². The molecule has 8 heteroatoms. The molecule has 0 unspecified atom stereocenters. The molecule has 2 aliphatic rings. The molecular formula is C17H24N4O4. The van der Waals surface area contributed by atoms with Crippen LogP contribution in [-0.2, 0) is 9.47 Å². The van der Waals surface area contributed by atoms with E-state index in [9.17, 15) is 9.59 Å². The molecule has 0 spiro atoms. The highest BCUT2D eigenvalue weighted by atomic mass is 16.5. The number of carbonyl (C=O) groups is 2. The number of rotatable bonds is 5. The first-order valence-corrected chi connectivity index (χ1v) is 8.81. The van der Waals surface area contributed by atoms with Gasteiger partial charge in [0.05, 0.1) is 19.3 Å². The van der Waals surface area contributed by atoms with Crippen molar-refractivity contribution in [2.75, 3.05) is 32.9 Å². The van der Waals surface area contributed by atoms with Crippen LogP contribution in [0.5, 0.6) is 0 Å². The van der Waals surface area contributed by atoms with Crippen LogP contribution in [0, 0.1) is 0 Å². The molecule has 2 amide bonds. The maximum Gasteiger partial charge on any atom is 0.274 e. The summed E-state index contributed by atoms with van der Waals surface area (Å²) in [6.07, 6.45) is 5.75. The van der Waals surface area contributed by atoms with Crippen LogP contribution in [0.25, 0.3) is 0 Å². The van der Waals surface area contributed by atoms with Crippen LogP contribution in [0.4, 0.5) is 0 Å². The first kappa shape index (κ1) is 17.8. The summed E-state index contributed by atoms with van der Waals surface area (Å²) in [6, 6.07) is -0.257. The number of hydrogen-bond donors (Lipinski definition) is 1. The van der Waals surface area contributed by atoms with E-state index in [0.717, 1.165) is 19.3 Å². The fourth-order valence-electron chi connectivity index (χ4n) is 3.19. The summed E-state index contributed by atoms with van der Waals surface area (Å²) in [7, 11) is 0. The van der Waals surface area contributed by atoms with Crippen molar-refractivity contribution in [3.63, 3.8) is 0 Å².